The molecule has 4 heterocycles. The van der Waals surface area contributed by atoms with Crippen LogP contribution in [0, 0.1) is 5.82 Å². The van der Waals surface area contributed by atoms with E-state index < -0.39 is 11.6 Å². The van der Waals surface area contributed by atoms with Crippen LogP contribution in [0.2, 0.25) is 0 Å². The maximum atomic E-state index is 14.2. The number of H-pyrrole nitrogens is 1. The summed E-state index contributed by atoms with van der Waals surface area (Å²) in [4.78, 5) is 23.6. The van der Waals surface area contributed by atoms with Crippen molar-refractivity contribution in [2.75, 3.05) is 7.11 Å². The third-order valence-corrected chi connectivity index (χ3v) is 6.93. The summed E-state index contributed by atoms with van der Waals surface area (Å²) in [6.45, 7) is 6.30. The van der Waals surface area contributed by atoms with E-state index in [1.165, 1.54) is 12.1 Å². The van der Waals surface area contributed by atoms with Gasteiger partial charge in [-0.2, -0.15) is 4.98 Å². The fourth-order valence-corrected chi connectivity index (χ4v) is 5.08. The number of aromatic amines is 1. The minimum atomic E-state index is -0.647. The highest BCUT2D eigenvalue weighted by atomic mass is 19.1. The van der Waals surface area contributed by atoms with Crippen LogP contribution in [0.4, 0.5) is 4.39 Å². The van der Waals surface area contributed by atoms with Crippen molar-refractivity contribution in [1.29, 1.82) is 0 Å². The van der Waals surface area contributed by atoms with Crippen LogP contribution in [0.15, 0.2) is 58.0 Å². The number of nitrogens with zero attached hydrogens (tertiary/aromatic N) is 4. The second-order valence-corrected chi connectivity index (χ2v) is 9.78. The first kappa shape index (κ1) is 24.6. The van der Waals surface area contributed by atoms with Gasteiger partial charge in [0.1, 0.15) is 18.2 Å². The minimum Gasteiger partial charge on any atom is -0.488 e. The normalized spacial score (nSPS) is 14.1. The van der Waals surface area contributed by atoms with Gasteiger partial charge in [-0.15, -0.1) is 0 Å². The number of ether oxygens (including phenoxy) is 2. The highest BCUT2D eigenvalue weighted by Crippen LogP contribution is 2.41. The SMILES string of the molecule is COc1ccn2c(Cc3ccc4c(c3)COc3cc(F)ccc3/C4=C(\C)c3noc(=O)[nH]3)c(C(C)C)nc2n1. The van der Waals surface area contributed by atoms with Gasteiger partial charge in [0, 0.05) is 35.9 Å². The van der Waals surface area contributed by atoms with Gasteiger partial charge < -0.3 is 9.47 Å². The third kappa shape index (κ3) is 4.37. The quantitative estimate of drug-likeness (QED) is 0.337. The summed E-state index contributed by atoms with van der Waals surface area (Å²) in [7, 11) is 1.58. The smallest absolute Gasteiger partial charge is 0.439 e. The average Bonchev–Trinajstić information content (AvgIpc) is 3.48. The Morgan fingerprint density at radius 1 is 1.15 bits per heavy atom. The highest BCUT2D eigenvalue weighted by molar-refractivity contribution is 5.99. The molecule has 0 spiro atoms. The van der Waals surface area contributed by atoms with E-state index >= 15 is 0 Å². The summed E-state index contributed by atoms with van der Waals surface area (Å²) in [5.74, 6) is 0.969. The van der Waals surface area contributed by atoms with Crippen molar-refractivity contribution >= 4 is 16.9 Å². The molecule has 0 fully saturated rings. The number of rotatable bonds is 5. The maximum absolute atomic E-state index is 14.2. The van der Waals surface area contributed by atoms with Gasteiger partial charge in [0.15, 0.2) is 5.82 Å². The van der Waals surface area contributed by atoms with Crippen molar-refractivity contribution in [2.24, 2.45) is 0 Å². The monoisotopic (exact) mass is 527 g/mol. The number of halogens is 1. The lowest BCUT2D eigenvalue weighted by Crippen LogP contribution is -2.03. The Balaban J connectivity index is 1.48. The van der Waals surface area contributed by atoms with Crippen molar-refractivity contribution in [2.45, 2.75) is 39.7 Å². The fourth-order valence-electron chi connectivity index (χ4n) is 5.08. The highest BCUT2D eigenvalue weighted by Gasteiger charge is 2.25. The number of hydrogen-bond acceptors (Lipinski definition) is 7. The first-order chi connectivity index (χ1) is 18.8. The molecule has 0 saturated carbocycles. The topological polar surface area (TPSA) is 108 Å². The van der Waals surface area contributed by atoms with Crippen molar-refractivity contribution in [3.05, 3.63) is 104 Å². The molecule has 1 N–H and O–H groups in total. The van der Waals surface area contributed by atoms with Gasteiger partial charge >= 0.3 is 5.76 Å². The first-order valence-corrected chi connectivity index (χ1v) is 12.6. The Bertz CT molecular complexity index is 1810. The standard InChI is InChI=1S/C29H26FN5O4/c1-15(2)26-22(35-10-9-24(37-4)31-28(35)32-26)12-17-5-7-20-18(11-17)14-38-23-13-19(30)6-8-21(23)25(20)16(3)27-33-29(36)39-34-27/h5-11,13,15H,12,14H2,1-4H3,(H,33,34,36)/b25-16+. The van der Waals surface area contributed by atoms with Crippen LogP contribution < -0.4 is 15.2 Å². The number of aromatic nitrogens is 5. The molecule has 0 amide bonds. The summed E-state index contributed by atoms with van der Waals surface area (Å²) >= 11 is 0. The van der Waals surface area contributed by atoms with Crippen LogP contribution in [-0.2, 0) is 13.0 Å². The van der Waals surface area contributed by atoms with Gasteiger partial charge in [-0.3, -0.25) is 13.9 Å². The summed E-state index contributed by atoms with van der Waals surface area (Å²) in [6.07, 6.45) is 2.54. The summed E-state index contributed by atoms with van der Waals surface area (Å²) in [6, 6.07) is 12.4. The van der Waals surface area contributed by atoms with E-state index in [1.54, 1.807) is 13.2 Å². The fraction of sp³-hybridized carbons (Fsp3) is 0.241. The Labute approximate surface area is 222 Å². The van der Waals surface area contributed by atoms with Crippen LogP contribution in [0.5, 0.6) is 11.6 Å². The van der Waals surface area contributed by atoms with Crippen molar-refractivity contribution in [3.8, 4) is 11.6 Å². The second kappa shape index (κ2) is 9.54. The molecule has 0 atom stereocenters. The molecular weight excluding hydrogens is 501 g/mol. The molecule has 39 heavy (non-hydrogen) atoms. The molecule has 0 bridgehead atoms. The largest absolute Gasteiger partial charge is 0.488 e. The van der Waals surface area contributed by atoms with Crippen LogP contribution >= 0.6 is 0 Å². The van der Waals surface area contributed by atoms with E-state index in [4.69, 9.17) is 19.0 Å². The van der Waals surface area contributed by atoms with E-state index in [9.17, 15) is 9.18 Å². The molecule has 0 aliphatic carbocycles. The van der Waals surface area contributed by atoms with Gasteiger partial charge in [-0.05, 0) is 47.2 Å². The van der Waals surface area contributed by atoms with Gasteiger partial charge in [-0.25, -0.2) is 14.2 Å². The zero-order chi connectivity index (χ0) is 27.3. The van der Waals surface area contributed by atoms with E-state index in [1.807, 2.05) is 29.7 Å². The third-order valence-electron chi connectivity index (χ3n) is 6.93. The lowest BCUT2D eigenvalue weighted by molar-refractivity contribution is 0.305. The zero-order valence-corrected chi connectivity index (χ0v) is 21.9. The summed E-state index contributed by atoms with van der Waals surface area (Å²) in [5, 5.41) is 3.88. The molecule has 6 rings (SSSR count). The number of hydrogen-bond donors (Lipinski definition) is 1. The number of methoxy groups -OCH3 is 1. The molecule has 0 saturated heterocycles. The Morgan fingerprint density at radius 2 is 1.97 bits per heavy atom. The number of fused-ring (bicyclic) bond motifs is 3. The molecular formula is C29H26FN5O4. The van der Waals surface area contributed by atoms with E-state index in [0.29, 0.717) is 40.8 Å². The van der Waals surface area contributed by atoms with Crippen molar-refractivity contribution < 1.29 is 18.4 Å². The second-order valence-electron chi connectivity index (χ2n) is 9.78. The molecule has 9 nitrogen and oxygen atoms in total. The Kier molecular flexibility index (Phi) is 6.02. The molecule has 0 radical (unpaired) electrons. The molecule has 5 aromatic rings. The minimum absolute atomic E-state index is 0.197. The molecule has 1 aliphatic heterocycles. The number of benzene rings is 2. The number of nitrogens with one attached hydrogen (secondary N) is 1. The van der Waals surface area contributed by atoms with E-state index in [0.717, 1.165) is 33.7 Å². The average molecular weight is 528 g/mol. The lowest BCUT2D eigenvalue weighted by Gasteiger charge is -2.15. The molecule has 3 aromatic heterocycles. The van der Waals surface area contributed by atoms with Crippen LogP contribution in [0.25, 0.3) is 16.9 Å². The van der Waals surface area contributed by atoms with Crippen molar-refractivity contribution in [1.82, 2.24) is 24.5 Å². The predicted molar refractivity (Wildman–Crippen MR) is 142 cm³/mol. The molecule has 198 valence electrons. The first-order valence-electron chi connectivity index (χ1n) is 12.6. The number of imidazole rings is 1. The van der Waals surface area contributed by atoms with Gasteiger partial charge in [0.2, 0.25) is 11.7 Å². The van der Waals surface area contributed by atoms with Gasteiger partial charge in [-0.1, -0.05) is 37.2 Å². The van der Waals surface area contributed by atoms with Crippen LogP contribution in [0.3, 0.4) is 0 Å². The van der Waals surface area contributed by atoms with Crippen molar-refractivity contribution in [3.63, 3.8) is 0 Å². The predicted octanol–water partition coefficient (Wildman–Crippen LogP) is 5.14. The molecule has 1 aliphatic rings. The number of allylic oxidation sites excluding steroid dienone is 1. The summed E-state index contributed by atoms with van der Waals surface area (Å²) in [5.41, 5.74) is 7.05. The Morgan fingerprint density at radius 3 is 2.72 bits per heavy atom. The lowest BCUT2D eigenvalue weighted by atomic mass is 9.89. The molecule has 10 heteroatoms. The Hall–Kier alpha value is -4.73. The maximum Gasteiger partial charge on any atom is 0.439 e. The zero-order valence-electron chi connectivity index (χ0n) is 21.9. The van der Waals surface area contributed by atoms with Crippen LogP contribution in [-0.4, -0.2) is 31.6 Å². The van der Waals surface area contributed by atoms with E-state index in [2.05, 4.69) is 41.1 Å². The van der Waals surface area contributed by atoms with Gasteiger partial charge in [0.05, 0.1) is 18.5 Å². The van der Waals surface area contributed by atoms with E-state index in [-0.39, 0.29) is 12.5 Å². The molecule has 2 aromatic carbocycles. The van der Waals surface area contributed by atoms with Crippen LogP contribution in [0.1, 0.15) is 66.2 Å². The molecule has 0 unspecified atom stereocenters. The van der Waals surface area contributed by atoms with Gasteiger partial charge in [0.25, 0.3) is 0 Å². The summed E-state index contributed by atoms with van der Waals surface area (Å²) < 4.78 is 32.3.